The molecule has 0 radical (unpaired) electrons. The molecule has 0 bridgehead atoms. The molecule has 2 aliphatic rings. The molecule has 1 aromatic heterocycles. The van der Waals surface area contributed by atoms with Gasteiger partial charge in [0.25, 0.3) is 0 Å². The molecule has 0 aliphatic carbocycles. The summed E-state index contributed by atoms with van der Waals surface area (Å²) < 4.78 is 87.5. The first-order valence-corrected chi connectivity index (χ1v) is 9.82. The molecular formula is C22H18F6N2O. The van der Waals surface area contributed by atoms with Crippen LogP contribution in [-0.2, 0) is 17.1 Å². The van der Waals surface area contributed by atoms with E-state index in [4.69, 9.17) is 4.74 Å². The number of ether oxygens (including phenoxy) is 1. The van der Waals surface area contributed by atoms with Crippen LogP contribution in [0, 0.1) is 12.8 Å². The number of nitrogens with zero attached hydrogens (tertiary/aromatic N) is 1. The highest BCUT2D eigenvalue weighted by Gasteiger charge is 2.46. The Balaban J connectivity index is 1.61. The molecular weight excluding hydrogens is 422 g/mol. The Morgan fingerprint density at radius 2 is 1.65 bits per heavy atom. The molecule has 3 atom stereocenters. The molecule has 164 valence electrons. The van der Waals surface area contributed by atoms with E-state index < -0.39 is 29.5 Å². The lowest BCUT2D eigenvalue weighted by atomic mass is 9.96. The number of rotatable bonds is 2. The number of nitrogens with one attached hydrogen (secondary N) is 1. The van der Waals surface area contributed by atoms with Gasteiger partial charge in [0, 0.05) is 29.3 Å². The highest BCUT2D eigenvalue weighted by Crippen LogP contribution is 2.51. The van der Waals surface area contributed by atoms with Gasteiger partial charge < -0.3 is 14.6 Å². The summed E-state index contributed by atoms with van der Waals surface area (Å²) in [5, 5.41) is 3.96. The van der Waals surface area contributed by atoms with Crippen LogP contribution < -0.4 is 5.32 Å². The maximum atomic E-state index is 13.3. The SMILES string of the molecule is Cc1cccc2c1cc1n2[C@H]2OCC[C@H]2[C@H]1Nc1cc(C(F)(F)F)cc(C(F)(F)F)c1. The van der Waals surface area contributed by atoms with Crippen molar-refractivity contribution < 1.29 is 31.1 Å². The first-order chi connectivity index (χ1) is 14.5. The average Bonchev–Trinajstić information content (AvgIpc) is 3.34. The second kappa shape index (κ2) is 6.66. The first kappa shape index (κ1) is 20.2. The fraction of sp³-hybridized carbons (Fsp3) is 0.364. The lowest BCUT2D eigenvalue weighted by Gasteiger charge is -2.22. The van der Waals surface area contributed by atoms with E-state index in [-0.39, 0.29) is 23.9 Å². The van der Waals surface area contributed by atoms with Gasteiger partial charge in [-0.2, -0.15) is 26.3 Å². The van der Waals surface area contributed by atoms with E-state index in [1.165, 1.54) is 0 Å². The maximum absolute atomic E-state index is 13.3. The molecule has 1 N–H and O–H groups in total. The van der Waals surface area contributed by atoms with Crippen molar-refractivity contribution in [3.63, 3.8) is 0 Å². The minimum absolute atomic E-state index is 0.0937. The van der Waals surface area contributed by atoms with Crippen LogP contribution in [0.2, 0.25) is 0 Å². The van der Waals surface area contributed by atoms with Crippen LogP contribution in [0.1, 0.15) is 41.1 Å². The van der Waals surface area contributed by atoms with Crippen LogP contribution in [0.4, 0.5) is 32.0 Å². The fourth-order valence-corrected chi connectivity index (χ4v) is 4.75. The van der Waals surface area contributed by atoms with Gasteiger partial charge in [-0.15, -0.1) is 0 Å². The average molecular weight is 440 g/mol. The highest BCUT2D eigenvalue weighted by atomic mass is 19.4. The predicted molar refractivity (Wildman–Crippen MR) is 103 cm³/mol. The van der Waals surface area contributed by atoms with E-state index in [9.17, 15) is 26.3 Å². The van der Waals surface area contributed by atoms with Crippen molar-refractivity contribution in [2.45, 2.75) is 38.0 Å². The van der Waals surface area contributed by atoms with E-state index in [1.54, 1.807) is 0 Å². The van der Waals surface area contributed by atoms with E-state index >= 15 is 0 Å². The number of anilines is 1. The molecule has 1 fully saturated rings. The summed E-state index contributed by atoms with van der Waals surface area (Å²) in [6.07, 6.45) is -9.43. The van der Waals surface area contributed by atoms with Gasteiger partial charge in [0.2, 0.25) is 0 Å². The standard InChI is InChI=1S/C22H18F6N2O/c1-11-3-2-4-17-16(11)10-18-19(15-5-6-31-20(15)30(17)18)29-14-8-12(21(23,24)25)7-13(9-14)22(26,27)28/h2-4,7-10,15,19-20,29H,5-6H2,1H3/t15-,19+,20-/m0/s1. The monoisotopic (exact) mass is 440 g/mol. The smallest absolute Gasteiger partial charge is 0.376 e. The Morgan fingerprint density at radius 3 is 2.29 bits per heavy atom. The Kier molecular flexibility index (Phi) is 4.35. The third-order valence-corrected chi connectivity index (χ3v) is 6.15. The number of halogens is 6. The summed E-state index contributed by atoms with van der Waals surface area (Å²) in [4.78, 5) is 0. The quantitative estimate of drug-likeness (QED) is 0.450. The van der Waals surface area contributed by atoms with Crippen molar-refractivity contribution >= 4 is 16.6 Å². The molecule has 9 heteroatoms. The molecule has 0 saturated carbocycles. The summed E-state index contributed by atoms with van der Waals surface area (Å²) >= 11 is 0. The Bertz CT molecular complexity index is 1130. The number of fused-ring (bicyclic) bond motifs is 5. The Morgan fingerprint density at radius 1 is 0.968 bits per heavy atom. The van der Waals surface area contributed by atoms with Gasteiger partial charge in [0.15, 0.2) is 0 Å². The topological polar surface area (TPSA) is 26.2 Å². The molecule has 3 aromatic rings. The molecule has 2 aliphatic heterocycles. The van der Waals surface area contributed by atoms with Crippen LogP contribution in [-0.4, -0.2) is 11.2 Å². The normalized spacial score (nSPS) is 23.3. The number of hydrogen-bond acceptors (Lipinski definition) is 2. The van der Waals surface area contributed by atoms with Crippen molar-refractivity contribution in [3.05, 3.63) is 64.8 Å². The molecule has 2 aromatic carbocycles. The summed E-state index contributed by atoms with van der Waals surface area (Å²) in [5.41, 5.74) is -0.114. The van der Waals surface area contributed by atoms with Crippen LogP contribution in [0.25, 0.3) is 10.9 Å². The molecule has 0 unspecified atom stereocenters. The number of alkyl halides is 6. The lowest BCUT2D eigenvalue weighted by Crippen LogP contribution is -2.18. The van der Waals surface area contributed by atoms with E-state index in [0.29, 0.717) is 13.0 Å². The van der Waals surface area contributed by atoms with Gasteiger partial charge in [0.1, 0.15) is 6.23 Å². The molecule has 31 heavy (non-hydrogen) atoms. The third kappa shape index (κ3) is 3.26. The van der Waals surface area contributed by atoms with Crippen LogP contribution in [0.15, 0.2) is 42.5 Å². The number of benzene rings is 2. The Labute approximate surface area is 173 Å². The zero-order valence-electron chi connectivity index (χ0n) is 16.3. The van der Waals surface area contributed by atoms with Crippen molar-refractivity contribution in [2.24, 2.45) is 5.92 Å². The largest absolute Gasteiger partial charge is 0.416 e. The van der Waals surface area contributed by atoms with Gasteiger partial charge in [-0.25, -0.2) is 0 Å². The minimum Gasteiger partial charge on any atom is -0.376 e. The number of hydrogen-bond donors (Lipinski definition) is 1. The van der Waals surface area contributed by atoms with Crippen LogP contribution in [0.5, 0.6) is 0 Å². The maximum Gasteiger partial charge on any atom is 0.416 e. The van der Waals surface area contributed by atoms with Crippen molar-refractivity contribution in [3.8, 4) is 0 Å². The summed E-state index contributed by atoms with van der Waals surface area (Å²) in [5.74, 6) is -0.0937. The molecule has 0 spiro atoms. The van der Waals surface area contributed by atoms with Gasteiger partial charge >= 0.3 is 12.4 Å². The van der Waals surface area contributed by atoms with E-state index in [0.717, 1.165) is 34.3 Å². The van der Waals surface area contributed by atoms with Gasteiger partial charge in [0.05, 0.1) is 22.7 Å². The second-order valence-electron chi connectivity index (χ2n) is 8.08. The molecule has 1 saturated heterocycles. The van der Waals surface area contributed by atoms with Crippen molar-refractivity contribution in [1.29, 1.82) is 0 Å². The van der Waals surface area contributed by atoms with Crippen molar-refractivity contribution in [2.75, 3.05) is 11.9 Å². The number of aryl methyl sites for hydroxylation is 1. The molecule has 0 amide bonds. The number of aromatic nitrogens is 1. The summed E-state index contributed by atoms with van der Waals surface area (Å²) in [6, 6.07) is 8.90. The fourth-order valence-electron chi connectivity index (χ4n) is 4.75. The second-order valence-corrected chi connectivity index (χ2v) is 8.08. The van der Waals surface area contributed by atoms with Gasteiger partial charge in [-0.3, -0.25) is 0 Å². The molecule has 5 rings (SSSR count). The van der Waals surface area contributed by atoms with E-state index in [2.05, 4.69) is 5.32 Å². The van der Waals surface area contributed by atoms with Crippen molar-refractivity contribution in [1.82, 2.24) is 4.57 Å². The van der Waals surface area contributed by atoms with Gasteiger partial charge in [-0.05, 0) is 49.2 Å². The third-order valence-electron chi connectivity index (χ3n) is 6.15. The van der Waals surface area contributed by atoms with Crippen LogP contribution in [0.3, 0.4) is 0 Å². The zero-order chi connectivity index (χ0) is 22.1. The highest BCUT2D eigenvalue weighted by molar-refractivity contribution is 5.85. The summed E-state index contributed by atoms with van der Waals surface area (Å²) in [6.45, 7) is 2.44. The predicted octanol–water partition coefficient (Wildman–Crippen LogP) is 6.69. The van der Waals surface area contributed by atoms with E-state index in [1.807, 2.05) is 35.8 Å². The molecule has 3 nitrogen and oxygen atoms in total. The minimum atomic E-state index is -4.89. The first-order valence-electron chi connectivity index (χ1n) is 9.82. The van der Waals surface area contributed by atoms with Gasteiger partial charge in [-0.1, -0.05) is 12.1 Å². The summed E-state index contributed by atoms with van der Waals surface area (Å²) in [7, 11) is 0. The van der Waals surface area contributed by atoms with Crippen LogP contribution >= 0.6 is 0 Å². The zero-order valence-corrected chi connectivity index (χ0v) is 16.3. The Hall–Kier alpha value is -2.68. The lowest BCUT2D eigenvalue weighted by molar-refractivity contribution is -0.143. The molecule has 3 heterocycles.